The maximum absolute atomic E-state index is 5.09. The molecule has 0 unspecified atom stereocenters. The molecule has 1 aliphatic rings. The Labute approximate surface area is 98.6 Å². The van der Waals surface area contributed by atoms with E-state index in [1.807, 2.05) is 12.1 Å². The minimum atomic E-state index is 0.698. The zero-order valence-corrected chi connectivity index (χ0v) is 10.4. The fraction of sp³-hybridized carbons (Fsp3) is 0.545. The first-order valence-corrected chi connectivity index (χ1v) is 6.30. The van der Waals surface area contributed by atoms with Crippen LogP contribution in [0.15, 0.2) is 18.3 Å². The number of aromatic nitrogens is 1. The molecule has 4 heteroatoms. The van der Waals surface area contributed by atoms with E-state index in [1.165, 1.54) is 12.8 Å². The van der Waals surface area contributed by atoms with E-state index in [1.54, 1.807) is 13.3 Å². The summed E-state index contributed by atoms with van der Waals surface area (Å²) in [4.78, 5) is 6.77. The van der Waals surface area contributed by atoms with Gasteiger partial charge in [-0.2, -0.15) is 0 Å². The second-order valence-electron chi connectivity index (χ2n) is 3.67. The number of anilines is 1. The van der Waals surface area contributed by atoms with Gasteiger partial charge in [0.15, 0.2) is 0 Å². The Bertz CT molecular complexity index is 311. The van der Waals surface area contributed by atoms with Crippen molar-refractivity contribution in [2.75, 3.05) is 23.9 Å². The van der Waals surface area contributed by atoms with Crippen LogP contribution in [0.25, 0.3) is 0 Å². The molecule has 1 fully saturated rings. The lowest BCUT2D eigenvalue weighted by Crippen LogP contribution is -2.28. The lowest BCUT2D eigenvalue weighted by Gasteiger charge is -2.22. The number of pyridine rings is 1. The Morgan fingerprint density at radius 3 is 2.80 bits per heavy atom. The molecule has 82 valence electrons. The Balaban J connectivity index is 2.10. The van der Waals surface area contributed by atoms with Crippen LogP contribution in [0.1, 0.15) is 12.8 Å². The minimum Gasteiger partial charge on any atom is -0.495 e. The molecule has 3 nitrogen and oxygen atoms in total. The number of methoxy groups -OCH3 is 1. The maximum Gasteiger partial charge on any atom is 0.137 e. The largest absolute Gasteiger partial charge is 0.495 e. The zero-order chi connectivity index (χ0) is 10.7. The van der Waals surface area contributed by atoms with Crippen molar-refractivity contribution in [3.63, 3.8) is 0 Å². The Kier molecular flexibility index (Phi) is 3.46. The van der Waals surface area contributed by atoms with E-state index in [-0.39, 0.29) is 0 Å². The molecule has 0 N–H and O–H groups in total. The lowest BCUT2D eigenvalue weighted by atomic mass is 10.4. The molecule has 0 spiro atoms. The summed E-state index contributed by atoms with van der Waals surface area (Å²) in [5.41, 5.74) is 0. The fourth-order valence-corrected chi connectivity index (χ4v) is 2.01. The van der Waals surface area contributed by atoms with E-state index >= 15 is 0 Å². The Morgan fingerprint density at radius 2 is 2.33 bits per heavy atom. The standard InChI is InChI=1S/C11H15BrN2O/c1-15-10-4-5-11(13-8-10)14(7-6-12)9-2-3-9/h4-5,8-9H,2-3,6-7H2,1H3. The van der Waals surface area contributed by atoms with Crippen molar-refractivity contribution in [1.29, 1.82) is 0 Å². The molecule has 2 rings (SSSR count). The van der Waals surface area contributed by atoms with Crippen LogP contribution in [0.4, 0.5) is 5.82 Å². The lowest BCUT2D eigenvalue weighted by molar-refractivity contribution is 0.413. The first-order valence-electron chi connectivity index (χ1n) is 5.18. The van der Waals surface area contributed by atoms with Gasteiger partial charge in [-0.15, -0.1) is 0 Å². The monoisotopic (exact) mass is 270 g/mol. The van der Waals surface area contributed by atoms with Gasteiger partial charge in [0.25, 0.3) is 0 Å². The molecule has 0 radical (unpaired) electrons. The average molecular weight is 271 g/mol. The van der Waals surface area contributed by atoms with Crippen LogP contribution in [0.5, 0.6) is 5.75 Å². The molecule has 1 aliphatic carbocycles. The molecule has 0 aliphatic heterocycles. The third-order valence-corrected chi connectivity index (χ3v) is 2.92. The number of alkyl halides is 1. The van der Waals surface area contributed by atoms with E-state index in [9.17, 15) is 0 Å². The number of halogens is 1. The van der Waals surface area contributed by atoms with Gasteiger partial charge < -0.3 is 9.64 Å². The number of rotatable bonds is 5. The molecule has 15 heavy (non-hydrogen) atoms. The Hall–Kier alpha value is -0.770. The summed E-state index contributed by atoms with van der Waals surface area (Å²) >= 11 is 3.48. The number of hydrogen-bond acceptors (Lipinski definition) is 3. The van der Waals surface area contributed by atoms with Crippen LogP contribution in [-0.4, -0.2) is 30.0 Å². The SMILES string of the molecule is COc1ccc(N(CCBr)C2CC2)nc1. The Morgan fingerprint density at radius 1 is 1.53 bits per heavy atom. The first-order chi connectivity index (χ1) is 7.35. The van der Waals surface area contributed by atoms with Gasteiger partial charge in [-0.3, -0.25) is 0 Å². The molecule has 0 amide bonds. The van der Waals surface area contributed by atoms with Crippen molar-refractivity contribution in [1.82, 2.24) is 4.98 Å². The van der Waals surface area contributed by atoms with E-state index in [4.69, 9.17) is 4.74 Å². The van der Waals surface area contributed by atoms with Gasteiger partial charge in [0.2, 0.25) is 0 Å². The highest BCUT2D eigenvalue weighted by molar-refractivity contribution is 9.09. The van der Waals surface area contributed by atoms with Gasteiger partial charge >= 0.3 is 0 Å². The molecule has 0 aromatic carbocycles. The summed E-state index contributed by atoms with van der Waals surface area (Å²) < 4.78 is 5.09. The van der Waals surface area contributed by atoms with Gasteiger partial charge in [-0.1, -0.05) is 15.9 Å². The first kappa shape index (κ1) is 10.7. The third kappa shape index (κ3) is 2.62. The van der Waals surface area contributed by atoms with Crippen molar-refractivity contribution < 1.29 is 4.74 Å². The van der Waals surface area contributed by atoms with Crippen LogP contribution >= 0.6 is 15.9 Å². The molecular formula is C11H15BrN2O. The van der Waals surface area contributed by atoms with Gasteiger partial charge in [-0.25, -0.2) is 4.98 Å². The summed E-state index contributed by atoms with van der Waals surface area (Å²) in [6, 6.07) is 4.69. The topological polar surface area (TPSA) is 25.4 Å². The minimum absolute atomic E-state index is 0.698. The summed E-state index contributed by atoms with van der Waals surface area (Å²) in [6.07, 6.45) is 4.36. The van der Waals surface area contributed by atoms with E-state index in [0.29, 0.717) is 6.04 Å². The highest BCUT2D eigenvalue weighted by Gasteiger charge is 2.29. The van der Waals surface area contributed by atoms with Crippen molar-refractivity contribution in [3.8, 4) is 5.75 Å². The molecule has 1 saturated carbocycles. The van der Waals surface area contributed by atoms with Gasteiger partial charge in [0.05, 0.1) is 13.3 Å². The van der Waals surface area contributed by atoms with Crippen LogP contribution in [0.3, 0.4) is 0 Å². The second-order valence-corrected chi connectivity index (χ2v) is 4.46. The van der Waals surface area contributed by atoms with Gasteiger partial charge in [0, 0.05) is 17.9 Å². The summed E-state index contributed by atoms with van der Waals surface area (Å²) in [6.45, 7) is 1.02. The molecule has 0 atom stereocenters. The third-order valence-electron chi connectivity index (χ3n) is 2.56. The molecule has 0 saturated heterocycles. The smallest absolute Gasteiger partial charge is 0.137 e. The van der Waals surface area contributed by atoms with Gasteiger partial charge in [0.1, 0.15) is 11.6 Å². The summed E-state index contributed by atoms with van der Waals surface area (Å²) in [5.74, 6) is 1.87. The van der Waals surface area contributed by atoms with Crippen molar-refractivity contribution in [2.24, 2.45) is 0 Å². The quantitative estimate of drug-likeness (QED) is 0.769. The van der Waals surface area contributed by atoms with Crippen molar-refractivity contribution in [2.45, 2.75) is 18.9 Å². The average Bonchev–Trinajstić information content (AvgIpc) is 3.10. The number of hydrogen-bond donors (Lipinski definition) is 0. The van der Waals surface area contributed by atoms with Crippen LogP contribution in [-0.2, 0) is 0 Å². The van der Waals surface area contributed by atoms with Gasteiger partial charge in [-0.05, 0) is 25.0 Å². The zero-order valence-electron chi connectivity index (χ0n) is 8.82. The fourth-order valence-electron chi connectivity index (χ4n) is 1.62. The highest BCUT2D eigenvalue weighted by atomic mass is 79.9. The van der Waals surface area contributed by atoms with Crippen LogP contribution in [0.2, 0.25) is 0 Å². The second kappa shape index (κ2) is 4.84. The number of nitrogens with zero attached hydrogens (tertiary/aromatic N) is 2. The van der Waals surface area contributed by atoms with Crippen LogP contribution in [0, 0.1) is 0 Å². The summed E-state index contributed by atoms with van der Waals surface area (Å²) in [5, 5.41) is 0.983. The molecule has 1 heterocycles. The maximum atomic E-state index is 5.09. The molecule has 0 bridgehead atoms. The molecule has 1 aromatic heterocycles. The predicted octanol–water partition coefficient (Wildman–Crippen LogP) is 2.45. The highest BCUT2D eigenvalue weighted by Crippen LogP contribution is 2.30. The van der Waals surface area contributed by atoms with Crippen LogP contribution < -0.4 is 9.64 Å². The molecular weight excluding hydrogens is 256 g/mol. The van der Waals surface area contributed by atoms with Crippen molar-refractivity contribution in [3.05, 3.63) is 18.3 Å². The predicted molar refractivity (Wildman–Crippen MR) is 65.0 cm³/mol. The van der Waals surface area contributed by atoms with E-state index in [2.05, 4.69) is 25.8 Å². The van der Waals surface area contributed by atoms with Crippen molar-refractivity contribution >= 4 is 21.7 Å². The van der Waals surface area contributed by atoms with E-state index < -0.39 is 0 Å². The van der Waals surface area contributed by atoms with E-state index in [0.717, 1.165) is 23.4 Å². The number of ether oxygens (including phenoxy) is 1. The normalized spacial score (nSPS) is 15.1. The summed E-state index contributed by atoms with van der Waals surface area (Å²) in [7, 11) is 1.66. The molecule has 1 aromatic rings.